The number of hydrogen-bond acceptors (Lipinski definition) is 5. The molecular weight excluding hydrogens is 394 g/mol. The molecule has 0 N–H and O–H groups in total. The van der Waals surface area contributed by atoms with Crippen LogP contribution in [-0.2, 0) is 19.6 Å². The second-order valence-electron chi connectivity index (χ2n) is 6.56. The third-order valence-corrected chi connectivity index (χ3v) is 8.41. The molecular formula is C18H30ClNO4S2. The molecule has 1 aliphatic carbocycles. The minimum absolute atomic E-state index is 0. The van der Waals surface area contributed by atoms with Gasteiger partial charge < -0.3 is 4.74 Å². The molecule has 26 heavy (non-hydrogen) atoms. The normalized spacial score (nSPS) is 23.9. The zero-order valence-electron chi connectivity index (χ0n) is 15.1. The molecule has 1 saturated carbocycles. The maximum atomic E-state index is 13.1. The Morgan fingerprint density at radius 3 is 2.31 bits per heavy atom. The van der Waals surface area contributed by atoms with Crippen LogP contribution >= 0.6 is 22.9 Å². The van der Waals surface area contributed by atoms with E-state index < -0.39 is 15.7 Å². The highest BCUT2D eigenvalue weighted by molar-refractivity contribution is 7.91. The van der Waals surface area contributed by atoms with Gasteiger partial charge in [-0.3, -0.25) is 4.79 Å². The van der Waals surface area contributed by atoms with Gasteiger partial charge in [-0.15, -0.1) is 11.3 Å². The number of Topliss-reactive ketones (excluding diaryl/α,β-unsaturated/α-hetero) is 1. The van der Waals surface area contributed by atoms with Crippen molar-refractivity contribution in [2.24, 2.45) is 5.92 Å². The first-order valence-electron chi connectivity index (χ1n) is 8.67. The molecule has 0 spiro atoms. The van der Waals surface area contributed by atoms with E-state index in [0.717, 1.165) is 24.2 Å². The van der Waals surface area contributed by atoms with E-state index in [-0.39, 0.29) is 29.4 Å². The molecule has 2 aliphatic rings. The quantitative estimate of drug-likeness (QED) is 0.689. The number of thiophene rings is 1. The third-order valence-electron chi connectivity index (χ3n) is 4.63. The molecule has 2 fully saturated rings. The Labute approximate surface area is 166 Å². The SMILES string of the molecule is C.CC.CC1(C)OCC(C2CCC(=O)CC2)N1S(=O)(=O)c1ccc(Cl)s1. The second kappa shape index (κ2) is 9.15. The van der Waals surface area contributed by atoms with Crippen molar-refractivity contribution in [3.05, 3.63) is 16.5 Å². The van der Waals surface area contributed by atoms with E-state index in [1.54, 1.807) is 19.9 Å². The number of hydrogen-bond donors (Lipinski definition) is 0. The Hall–Kier alpha value is -0.470. The Bertz CT molecular complexity index is 705. The number of nitrogens with zero attached hydrogens (tertiary/aromatic N) is 1. The lowest BCUT2D eigenvalue weighted by molar-refractivity contribution is -0.121. The van der Waals surface area contributed by atoms with Crippen LogP contribution in [0.3, 0.4) is 0 Å². The minimum atomic E-state index is -3.68. The monoisotopic (exact) mass is 423 g/mol. The summed E-state index contributed by atoms with van der Waals surface area (Å²) < 4.78 is 34.2. The van der Waals surface area contributed by atoms with Crippen LogP contribution in [0.15, 0.2) is 16.3 Å². The van der Waals surface area contributed by atoms with Gasteiger partial charge in [-0.05, 0) is 44.7 Å². The molecule has 1 aliphatic heterocycles. The molecule has 1 unspecified atom stereocenters. The van der Waals surface area contributed by atoms with Crippen molar-refractivity contribution in [3.63, 3.8) is 0 Å². The molecule has 3 rings (SSSR count). The van der Waals surface area contributed by atoms with E-state index in [2.05, 4.69) is 0 Å². The fourth-order valence-electron chi connectivity index (χ4n) is 3.50. The molecule has 1 aromatic rings. The summed E-state index contributed by atoms with van der Waals surface area (Å²) in [5, 5.41) is 0. The lowest BCUT2D eigenvalue weighted by atomic mass is 9.83. The van der Waals surface area contributed by atoms with Crippen molar-refractivity contribution in [1.82, 2.24) is 4.31 Å². The van der Waals surface area contributed by atoms with Gasteiger partial charge in [0.1, 0.15) is 15.7 Å². The molecule has 0 bridgehead atoms. The van der Waals surface area contributed by atoms with Gasteiger partial charge in [0.2, 0.25) is 0 Å². The van der Waals surface area contributed by atoms with Crippen LogP contribution in [0.5, 0.6) is 0 Å². The summed E-state index contributed by atoms with van der Waals surface area (Å²) in [6.07, 6.45) is 2.50. The number of sulfonamides is 1. The molecule has 5 nitrogen and oxygen atoms in total. The second-order valence-corrected chi connectivity index (χ2v) is 10.3. The van der Waals surface area contributed by atoms with E-state index in [1.165, 1.54) is 10.4 Å². The highest BCUT2D eigenvalue weighted by Crippen LogP contribution is 2.41. The molecule has 2 heterocycles. The van der Waals surface area contributed by atoms with Crippen molar-refractivity contribution in [1.29, 1.82) is 0 Å². The number of halogens is 1. The van der Waals surface area contributed by atoms with Crippen LogP contribution < -0.4 is 0 Å². The zero-order valence-corrected chi connectivity index (χ0v) is 17.5. The molecule has 1 aromatic heterocycles. The number of ketones is 1. The highest BCUT2D eigenvalue weighted by atomic mass is 35.5. The lowest BCUT2D eigenvalue weighted by Crippen LogP contribution is -2.50. The number of ether oxygens (including phenoxy) is 1. The molecule has 1 atom stereocenters. The number of carbonyl (C=O) groups excluding carboxylic acids is 1. The van der Waals surface area contributed by atoms with E-state index in [0.29, 0.717) is 23.8 Å². The maximum Gasteiger partial charge on any atom is 0.255 e. The van der Waals surface area contributed by atoms with Crippen molar-refractivity contribution >= 4 is 38.7 Å². The van der Waals surface area contributed by atoms with E-state index >= 15 is 0 Å². The molecule has 0 aromatic carbocycles. The summed E-state index contributed by atoms with van der Waals surface area (Å²) in [6.45, 7) is 7.91. The first-order chi connectivity index (χ1) is 11.7. The molecule has 1 saturated heterocycles. The lowest BCUT2D eigenvalue weighted by Gasteiger charge is -2.36. The summed E-state index contributed by atoms with van der Waals surface area (Å²) in [5.74, 6) is 0.415. The standard InChI is InChI=1S/C15H20ClNO4S2.C2H6.CH4/c1-15(2)17(23(19,20)14-8-7-13(16)22-14)12(9-21-15)10-3-5-11(18)6-4-10;1-2;/h7-8,10,12H,3-6,9H2,1-2H3;1-2H3;1H4. The van der Waals surface area contributed by atoms with E-state index in [1.807, 2.05) is 13.8 Å². The highest BCUT2D eigenvalue weighted by Gasteiger charge is 2.51. The van der Waals surface area contributed by atoms with Gasteiger partial charge in [0, 0.05) is 12.8 Å². The van der Waals surface area contributed by atoms with Crippen LogP contribution in [0.4, 0.5) is 0 Å². The van der Waals surface area contributed by atoms with Gasteiger partial charge in [0.05, 0.1) is 17.0 Å². The largest absolute Gasteiger partial charge is 0.358 e. The molecule has 0 amide bonds. The first kappa shape index (κ1) is 23.6. The Balaban J connectivity index is 0.00000109. The summed E-state index contributed by atoms with van der Waals surface area (Å²) in [4.78, 5) is 11.5. The Morgan fingerprint density at radius 1 is 1.23 bits per heavy atom. The topological polar surface area (TPSA) is 63.7 Å². The van der Waals surface area contributed by atoms with Crippen molar-refractivity contribution in [2.75, 3.05) is 6.61 Å². The van der Waals surface area contributed by atoms with Crippen molar-refractivity contribution in [2.45, 2.75) is 76.8 Å². The first-order valence-corrected chi connectivity index (χ1v) is 11.3. The van der Waals surface area contributed by atoms with Crippen LogP contribution in [-0.4, -0.2) is 36.9 Å². The van der Waals surface area contributed by atoms with Gasteiger partial charge >= 0.3 is 0 Å². The predicted molar refractivity (Wildman–Crippen MR) is 107 cm³/mol. The average Bonchev–Trinajstić information content (AvgIpc) is 3.14. The van der Waals surface area contributed by atoms with E-state index in [9.17, 15) is 13.2 Å². The Kier molecular flexibility index (Phi) is 8.29. The smallest absolute Gasteiger partial charge is 0.255 e. The van der Waals surface area contributed by atoms with Crippen LogP contribution in [0.1, 0.15) is 60.8 Å². The molecule has 0 radical (unpaired) electrons. The minimum Gasteiger partial charge on any atom is -0.358 e. The van der Waals surface area contributed by atoms with Gasteiger partial charge in [-0.2, -0.15) is 4.31 Å². The van der Waals surface area contributed by atoms with Gasteiger partial charge in [0.25, 0.3) is 10.0 Å². The van der Waals surface area contributed by atoms with Crippen LogP contribution in [0.2, 0.25) is 4.34 Å². The molecule has 150 valence electrons. The van der Waals surface area contributed by atoms with Crippen molar-refractivity contribution in [3.8, 4) is 0 Å². The maximum absolute atomic E-state index is 13.1. The Morgan fingerprint density at radius 2 is 1.81 bits per heavy atom. The molecule has 8 heteroatoms. The summed E-state index contributed by atoms with van der Waals surface area (Å²) in [5.41, 5.74) is -0.901. The van der Waals surface area contributed by atoms with Gasteiger partial charge in [-0.25, -0.2) is 8.42 Å². The van der Waals surface area contributed by atoms with Crippen LogP contribution in [0.25, 0.3) is 0 Å². The fraction of sp³-hybridized carbons (Fsp3) is 0.722. The number of rotatable bonds is 3. The number of carbonyl (C=O) groups is 1. The van der Waals surface area contributed by atoms with Crippen molar-refractivity contribution < 1.29 is 17.9 Å². The van der Waals surface area contributed by atoms with E-state index in [4.69, 9.17) is 16.3 Å². The summed E-state index contributed by atoms with van der Waals surface area (Å²) in [6, 6.07) is 2.90. The van der Waals surface area contributed by atoms with Gasteiger partial charge in [-0.1, -0.05) is 32.9 Å². The van der Waals surface area contributed by atoms with Crippen LogP contribution in [0, 0.1) is 5.92 Å². The fourth-order valence-corrected chi connectivity index (χ4v) is 7.00. The predicted octanol–water partition coefficient (Wildman–Crippen LogP) is 4.95. The van der Waals surface area contributed by atoms with Gasteiger partial charge in [0.15, 0.2) is 0 Å². The third kappa shape index (κ3) is 4.68. The average molecular weight is 424 g/mol. The summed E-state index contributed by atoms with van der Waals surface area (Å²) >= 11 is 6.97. The summed E-state index contributed by atoms with van der Waals surface area (Å²) in [7, 11) is -3.68. The zero-order chi connectivity index (χ0) is 18.8.